The molecule has 2 heteroatoms. The largest absolute Gasteiger partial charge is 0.286 e. The number of thioether (sulfide) groups is 1. The van der Waals surface area contributed by atoms with Gasteiger partial charge in [-0.2, -0.15) is 0 Å². The van der Waals surface area contributed by atoms with Crippen molar-refractivity contribution in [1.82, 2.24) is 0 Å². The first-order chi connectivity index (χ1) is 6.74. The molecule has 1 atom stereocenters. The second-order valence-electron chi connectivity index (χ2n) is 3.05. The van der Waals surface area contributed by atoms with Gasteiger partial charge in [-0.15, -0.1) is 0 Å². The SMILES string of the molecule is C/C=C/C(C)C(=O)Sc1ccccc1. The van der Waals surface area contributed by atoms with Gasteiger partial charge in [0.05, 0.1) is 0 Å². The van der Waals surface area contributed by atoms with Crippen molar-refractivity contribution in [3.63, 3.8) is 0 Å². The number of hydrogen-bond acceptors (Lipinski definition) is 2. The van der Waals surface area contributed by atoms with Gasteiger partial charge in [0.25, 0.3) is 0 Å². The number of benzene rings is 1. The molecule has 1 aromatic rings. The van der Waals surface area contributed by atoms with Gasteiger partial charge in [0.1, 0.15) is 0 Å². The normalized spacial score (nSPS) is 13.0. The van der Waals surface area contributed by atoms with Gasteiger partial charge in [0, 0.05) is 10.8 Å². The smallest absolute Gasteiger partial charge is 0.200 e. The summed E-state index contributed by atoms with van der Waals surface area (Å²) in [5, 5.41) is 0.189. The molecule has 0 aliphatic carbocycles. The maximum Gasteiger partial charge on any atom is 0.200 e. The van der Waals surface area contributed by atoms with Gasteiger partial charge in [-0.25, -0.2) is 0 Å². The van der Waals surface area contributed by atoms with Crippen molar-refractivity contribution < 1.29 is 4.79 Å². The fraction of sp³-hybridized carbons (Fsp3) is 0.250. The average molecular weight is 206 g/mol. The lowest BCUT2D eigenvalue weighted by Crippen LogP contribution is -2.02. The minimum Gasteiger partial charge on any atom is -0.286 e. The Morgan fingerprint density at radius 1 is 1.36 bits per heavy atom. The Morgan fingerprint density at radius 2 is 2.00 bits per heavy atom. The summed E-state index contributed by atoms with van der Waals surface area (Å²) in [6.07, 6.45) is 3.83. The molecule has 0 saturated heterocycles. The zero-order valence-electron chi connectivity index (χ0n) is 8.44. The summed E-state index contributed by atoms with van der Waals surface area (Å²) in [4.78, 5) is 12.6. The third kappa shape index (κ3) is 3.38. The highest BCUT2D eigenvalue weighted by molar-refractivity contribution is 8.13. The molecule has 0 radical (unpaired) electrons. The molecular weight excluding hydrogens is 192 g/mol. The van der Waals surface area contributed by atoms with Gasteiger partial charge in [-0.3, -0.25) is 4.79 Å². The third-order valence-electron chi connectivity index (χ3n) is 1.81. The molecule has 1 nitrogen and oxygen atoms in total. The molecule has 1 aromatic carbocycles. The fourth-order valence-electron chi connectivity index (χ4n) is 1.06. The first-order valence-electron chi connectivity index (χ1n) is 4.63. The van der Waals surface area contributed by atoms with Gasteiger partial charge in [0.15, 0.2) is 5.12 Å². The molecule has 0 fully saturated rings. The topological polar surface area (TPSA) is 17.1 Å². The van der Waals surface area contributed by atoms with E-state index >= 15 is 0 Å². The summed E-state index contributed by atoms with van der Waals surface area (Å²) in [6, 6.07) is 9.73. The molecule has 0 aliphatic heterocycles. The third-order valence-corrected chi connectivity index (χ3v) is 2.90. The van der Waals surface area contributed by atoms with E-state index in [1.54, 1.807) is 0 Å². The lowest BCUT2D eigenvalue weighted by atomic mass is 10.2. The first-order valence-corrected chi connectivity index (χ1v) is 5.45. The standard InChI is InChI=1S/C12H14OS/c1-3-7-10(2)12(13)14-11-8-5-4-6-9-11/h3-10H,1-2H3/b7-3+. The van der Waals surface area contributed by atoms with E-state index in [1.807, 2.05) is 56.3 Å². The molecule has 0 amide bonds. The van der Waals surface area contributed by atoms with E-state index in [1.165, 1.54) is 11.8 Å². The number of carbonyl (C=O) groups is 1. The predicted molar refractivity (Wildman–Crippen MR) is 61.3 cm³/mol. The Bertz CT molecular complexity index is 316. The summed E-state index contributed by atoms with van der Waals surface area (Å²) < 4.78 is 0. The molecule has 74 valence electrons. The quantitative estimate of drug-likeness (QED) is 0.556. The van der Waals surface area contributed by atoms with Crippen LogP contribution in [0.2, 0.25) is 0 Å². The lowest BCUT2D eigenvalue weighted by Gasteiger charge is -2.03. The molecule has 1 unspecified atom stereocenters. The van der Waals surface area contributed by atoms with Crippen LogP contribution in [0.1, 0.15) is 13.8 Å². The van der Waals surface area contributed by atoms with Crippen molar-refractivity contribution in [3.8, 4) is 0 Å². The second-order valence-corrected chi connectivity index (χ2v) is 4.13. The zero-order chi connectivity index (χ0) is 10.4. The van der Waals surface area contributed by atoms with E-state index in [0.29, 0.717) is 0 Å². The van der Waals surface area contributed by atoms with E-state index in [9.17, 15) is 4.79 Å². The van der Waals surface area contributed by atoms with Gasteiger partial charge in [0.2, 0.25) is 0 Å². The number of rotatable bonds is 3. The molecule has 0 aromatic heterocycles. The zero-order valence-corrected chi connectivity index (χ0v) is 9.25. The summed E-state index contributed by atoms with van der Waals surface area (Å²) in [7, 11) is 0. The van der Waals surface area contributed by atoms with Gasteiger partial charge in [-0.1, -0.05) is 49.0 Å². The van der Waals surface area contributed by atoms with Gasteiger partial charge < -0.3 is 0 Å². The molecular formula is C12H14OS. The van der Waals surface area contributed by atoms with Crippen LogP contribution in [-0.2, 0) is 4.79 Å². The first kappa shape index (κ1) is 11.1. The molecule has 14 heavy (non-hydrogen) atoms. The Morgan fingerprint density at radius 3 is 2.57 bits per heavy atom. The lowest BCUT2D eigenvalue weighted by molar-refractivity contribution is -0.112. The minimum absolute atomic E-state index is 0.00907. The van der Waals surface area contributed by atoms with E-state index in [2.05, 4.69) is 0 Å². The van der Waals surface area contributed by atoms with E-state index in [4.69, 9.17) is 0 Å². The molecule has 0 aliphatic rings. The highest BCUT2D eigenvalue weighted by atomic mass is 32.2. The van der Waals surface area contributed by atoms with Crippen molar-refractivity contribution >= 4 is 16.9 Å². The van der Waals surface area contributed by atoms with Crippen molar-refractivity contribution in [2.45, 2.75) is 18.7 Å². The molecule has 0 spiro atoms. The van der Waals surface area contributed by atoms with Gasteiger partial charge >= 0.3 is 0 Å². The van der Waals surface area contributed by atoms with Crippen LogP contribution in [0.15, 0.2) is 47.4 Å². The highest BCUT2D eigenvalue weighted by Gasteiger charge is 2.10. The molecule has 0 bridgehead atoms. The highest BCUT2D eigenvalue weighted by Crippen LogP contribution is 2.22. The number of hydrogen-bond donors (Lipinski definition) is 0. The van der Waals surface area contributed by atoms with Crippen LogP contribution in [0.25, 0.3) is 0 Å². The van der Waals surface area contributed by atoms with Gasteiger partial charge in [-0.05, 0) is 19.1 Å². The Kier molecular flexibility index (Phi) is 4.47. The number of allylic oxidation sites excluding steroid dienone is 2. The minimum atomic E-state index is -0.00907. The molecule has 0 saturated carbocycles. The van der Waals surface area contributed by atoms with Crippen LogP contribution in [0, 0.1) is 5.92 Å². The van der Waals surface area contributed by atoms with Crippen molar-refractivity contribution in [2.24, 2.45) is 5.92 Å². The van der Waals surface area contributed by atoms with Crippen LogP contribution in [0.4, 0.5) is 0 Å². The van der Waals surface area contributed by atoms with E-state index in [-0.39, 0.29) is 11.0 Å². The van der Waals surface area contributed by atoms with Crippen LogP contribution >= 0.6 is 11.8 Å². The maximum atomic E-state index is 11.6. The van der Waals surface area contributed by atoms with Crippen molar-refractivity contribution in [3.05, 3.63) is 42.5 Å². The van der Waals surface area contributed by atoms with Crippen LogP contribution in [0.3, 0.4) is 0 Å². The maximum absolute atomic E-state index is 11.6. The van der Waals surface area contributed by atoms with Crippen LogP contribution in [0.5, 0.6) is 0 Å². The van der Waals surface area contributed by atoms with E-state index in [0.717, 1.165) is 4.90 Å². The number of carbonyl (C=O) groups excluding carboxylic acids is 1. The average Bonchev–Trinajstić information content (AvgIpc) is 2.19. The predicted octanol–water partition coefficient (Wildman–Crippen LogP) is 3.52. The second kappa shape index (κ2) is 5.66. The van der Waals surface area contributed by atoms with Crippen LogP contribution < -0.4 is 0 Å². The van der Waals surface area contributed by atoms with E-state index < -0.39 is 0 Å². The summed E-state index contributed by atoms with van der Waals surface area (Å²) in [5.41, 5.74) is 0. The molecule has 1 rings (SSSR count). The molecule has 0 N–H and O–H groups in total. The Hall–Kier alpha value is -1.02. The molecule has 0 heterocycles. The van der Waals surface area contributed by atoms with Crippen molar-refractivity contribution in [2.75, 3.05) is 0 Å². The monoisotopic (exact) mass is 206 g/mol. The summed E-state index contributed by atoms with van der Waals surface area (Å²) >= 11 is 1.30. The Balaban J connectivity index is 2.57. The summed E-state index contributed by atoms with van der Waals surface area (Å²) in [6.45, 7) is 3.84. The summed E-state index contributed by atoms with van der Waals surface area (Å²) in [5.74, 6) is -0.00907. The van der Waals surface area contributed by atoms with Crippen molar-refractivity contribution in [1.29, 1.82) is 0 Å². The Labute approximate surface area is 89.2 Å². The fourth-order valence-corrected chi connectivity index (χ4v) is 1.85. The van der Waals surface area contributed by atoms with Crippen LogP contribution in [-0.4, -0.2) is 5.12 Å².